The van der Waals surface area contributed by atoms with Gasteiger partial charge in [0.15, 0.2) is 0 Å². The summed E-state index contributed by atoms with van der Waals surface area (Å²) in [5.41, 5.74) is 4.00. The number of carbonyl (C=O) groups is 3. The molecule has 1 fully saturated rings. The van der Waals surface area contributed by atoms with Gasteiger partial charge in [0.2, 0.25) is 0 Å². The number of amides is 1. The number of ketones is 1. The van der Waals surface area contributed by atoms with Gasteiger partial charge in [0.05, 0.1) is 12.5 Å². The van der Waals surface area contributed by atoms with Crippen molar-refractivity contribution >= 4 is 17.7 Å². The predicted octanol–water partition coefficient (Wildman–Crippen LogP) is 2.32. The van der Waals surface area contributed by atoms with E-state index in [0.29, 0.717) is 5.56 Å². The van der Waals surface area contributed by atoms with Crippen molar-refractivity contribution in [2.24, 2.45) is 0 Å². The molecule has 1 N–H and O–H groups in total. The second kappa shape index (κ2) is 8.60. The van der Waals surface area contributed by atoms with E-state index in [2.05, 4.69) is 5.43 Å². The van der Waals surface area contributed by atoms with E-state index in [-0.39, 0.29) is 31.3 Å². The molecule has 2 atom stereocenters. The minimum Gasteiger partial charge on any atom is -0.465 e. The highest BCUT2D eigenvalue weighted by atomic mass is 16.5. The lowest BCUT2D eigenvalue weighted by Gasteiger charge is -2.38. The maximum atomic E-state index is 12.7. The first-order valence-electron chi connectivity index (χ1n) is 8.98. The van der Waals surface area contributed by atoms with Crippen molar-refractivity contribution in [1.82, 2.24) is 10.4 Å². The van der Waals surface area contributed by atoms with E-state index in [1.54, 1.807) is 31.2 Å². The minimum absolute atomic E-state index is 0.0375. The maximum Gasteiger partial charge on any atom is 0.326 e. The van der Waals surface area contributed by atoms with E-state index >= 15 is 0 Å². The second-order valence-electron chi connectivity index (χ2n) is 6.30. The summed E-state index contributed by atoms with van der Waals surface area (Å²) in [6.45, 7) is 2.17. The van der Waals surface area contributed by atoms with Gasteiger partial charge in [-0.2, -0.15) is 0 Å². The molecule has 0 saturated carbocycles. The van der Waals surface area contributed by atoms with E-state index in [1.807, 2.05) is 36.4 Å². The lowest BCUT2D eigenvalue weighted by Crippen LogP contribution is -2.59. The Morgan fingerprint density at radius 3 is 2.33 bits per heavy atom. The van der Waals surface area contributed by atoms with E-state index < -0.39 is 17.9 Å². The summed E-state index contributed by atoms with van der Waals surface area (Å²) in [6.07, 6.45) is 0.241. The molecule has 1 saturated heterocycles. The van der Waals surface area contributed by atoms with Gasteiger partial charge < -0.3 is 4.74 Å². The zero-order valence-electron chi connectivity index (χ0n) is 15.1. The molecule has 140 valence electrons. The molecule has 1 aliphatic rings. The van der Waals surface area contributed by atoms with Crippen molar-refractivity contribution in [1.29, 1.82) is 0 Å². The van der Waals surface area contributed by atoms with Gasteiger partial charge in [0.1, 0.15) is 11.8 Å². The summed E-state index contributed by atoms with van der Waals surface area (Å²) in [7, 11) is 0. The SMILES string of the molecule is CCOC(=O)[C@@H]1[C@@H](c2ccccc2)C(=O)CCN1NC(=O)c1ccccc1. The number of ether oxygens (including phenoxy) is 1. The lowest BCUT2D eigenvalue weighted by atomic mass is 9.83. The Bertz CT molecular complexity index is 807. The van der Waals surface area contributed by atoms with Crippen LogP contribution in [0.4, 0.5) is 0 Å². The number of hydrazine groups is 1. The summed E-state index contributed by atoms with van der Waals surface area (Å²) >= 11 is 0. The molecule has 2 aromatic rings. The van der Waals surface area contributed by atoms with Crippen LogP contribution in [0.1, 0.15) is 35.2 Å². The highest BCUT2D eigenvalue weighted by molar-refractivity contribution is 5.96. The first-order chi connectivity index (χ1) is 13.1. The third kappa shape index (κ3) is 4.23. The summed E-state index contributed by atoms with van der Waals surface area (Å²) in [5.74, 6) is -1.57. The molecule has 0 spiro atoms. The van der Waals surface area contributed by atoms with Gasteiger partial charge in [-0.05, 0) is 24.6 Å². The van der Waals surface area contributed by atoms with Crippen LogP contribution in [-0.4, -0.2) is 41.9 Å². The van der Waals surface area contributed by atoms with E-state index in [4.69, 9.17) is 4.74 Å². The quantitative estimate of drug-likeness (QED) is 0.822. The minimum atomic E-state index is -0.902. The van der Waals surface area contributed by atoms with Crippen molar-refractivity contribution in [2.75, 3.05) is 13.2 Å². The number of nitrogens with zero attached hydrogens (tertiary/aromatic N) is 1. The number of esters is 1. The van der Waals surface area contributed by atoms with Crippen LogP contribution in [0, 0.1) is 0 Å². The van der Waals surface area contributed by atoms with Crippen molar-refractivity contribution in [2.45, 2.75) is 25.3 Å². The molecular weight excluding hydrogens is 344 g/mol. The Labute approximate surface area is 158 Å². The van der Waals surface area contributed by atoms with Gasteiger partial charge >= 0.3 is 5.97 Å². The van der Waals surface area contributed by atoms with Gasteiger partial charge in [0.25, 0.3) is 5.91 Å². The molecule has 0 aromatic heterocycles. The maximum absolute atomic E-state index is 12.7. The molecular formula is C21H22N2O4. The number of hydrogen-bond donors (Lipinski definition) is 1. The molecule has 1 heterocycles. The molecule has 0 radical (unpaired) electrons. The normalized spacial score (nSPS) is 20.1. The number of hydrogen-bond acceptors (Lipinski definition) is 5. The summed E-state index contributed by atoms with van der Waals surface area (Å²) in [4.78, 5) is 37.9. The average Bonchev–Trinajstić information content (AvgIpc) is 2.70. The summed E-state index contributed by atoms with van der Waals surface area (Å²) in [5, 5.41) is 1.53. The topological polar surface area (TPSA) is 75.7 Å². The fourth-order valence-corrected chi connectivity index (χ4v) is 3.31. The van der Waals surface area contributed by atoms with Crippen LogP contribution in [0.15, 0.2) is 60.7 Å². The van der Waals surface area contributed by atoms with Crippen LogP contribution < -0.4 is 5.43 Å². The van der Waals surface area contributed by atoms with Gasteiger partial charge in [-0.1, -0.05) is 48.5 Å². The number of piperidine rings is 1. The Balaban J connectivity index is 1.90. The molecule has 3 rings (SSSR count). The van der Waals surface area contributed by atoms with Crippen LogP contribution in [0.2, 0.25) is 0 Å². The lowest BCUT2D eigenvalue weighted by molar-refractivity contribution is -0.156. The molecule has 27 heavy (non-hydrogen) atoms. The van der Waals surface area contributed by atoms with Crippen LogP contribution >= 0.6 is 0 Å². The molecule has 6 nitrogen and oxygen atoms in total. The number of carbonyl (C=O) groups excluding carboxylic acids is 3. The van der Waals surface area contributed by atoms with Gasteiger partial charge in [-0.3, -0.25) is 19.8 Å². The largest absolute Gasteiger partial charge is 0.465 e. The molecule has 0 aliphatic carbocycles. The van der Waals surface area contributed by atoms with Gasteiger partial charge in [-0.25, -0.2) is 5.01 Å². The Hall–Kier alpha value is -2.99. The Kier molecular flexibility index (Phi) is 5.98. The standard InChI is InChI=1S/C21H22N2O4/c1-2-27-21(26)19-18(15-9-5-3-6-10-15)17(24)13-14-23(19)22-20(25)16-11-7-4-8-12-16/h3-12,18-19H,2,13-14H2,1H3,(H,22,25)/t18-,19-/m0/s1. The highest BCUT2D eigenvalue weighted by Gasteiger charge is 2.44. The zero-order chi connectivity index (χ0) is 19.2. The Morgan fingerprint density at radius 2 is 1.70 bits per heavy atom. The van der Waals surface area contributed by atoms with Crippen molar-refractivity contribution in [3.8, 4) is 0 Å². The summed E-state index contributed by atoms with van der Waals surface area (Å²) in [6, 6.07) is 17.0. The van der Waals surface area contributed by atoms with E-state index in [9.17, 15) is 14.4 Å². The van der Waals surface area contributed by atoms with Crippen LogP contribution in [0.5, 0.6) is 0 Å². The van der Waals surface area contributed by atoms with Gasteiger partial charge in [-0.15, -0.1) is 0 Å². The Morgan fingerprint density at radius 1 is 1.07 bits per heavy atom. The highest BCUT2D eigenvalue weighted by Crippen LogP contribution is 2.30. The fraction of sp³-hybridized carbons (Fsp3) is 0.286. The number of Topliss-reactive ketones (excluding diaryl/α,β-unsaturated/α-hetero) is 1. The monoisotopic (exact) mass is 366 g/mol. The smallest absolute Gasteiger partial charge is 0.326 e. The van der Waals surface area contributed by atoms with Crippen LogP contribution in [0.25, 0.3) is 0 Å². The molecule has 6 heteroatoms. The predicted molar refractivity (Wildman–Crippen MR) is 99.8 cm³/mol. The third-order valence-corrected chi connectivity index (χ3v) is 4.57. The molecule has 0 unspecified atom stereocenters. The van der Waals surface area contributed by atoms with E-state index in [1.165, 1.54) is 5.01 Å². The summed E-state index contributed by atoms with van der Waals surface area (Å²) < 4.78 is 5.21. The number of benzene rings is 2. The molecule has 1 amide bonds. The fourth-order valence-electron chi connectivity index (χ4n) is 3.31. The second-order valence-corrected chi connectivity index (χ2v) is 6.30. The van der Waals surface area contributed by atoms with Crippen molar-refractivity contribution in [3.05, 3.63) is 71.8 Å². The number of nitrogens with one attached hydrogen (secondary N) is 1. The zero-order valence-corrected chi connectivity index (χ0v) is 15.1. The average molecular weight is 366 g/mol. The van der Waals surface area contributed by atoms with Gasteiger partial charge in [0, 0.05) is 18.5 Å². The first-order valence-corrected chi connectivity index (χ1v) is 8.98. The molecule has 0 bridgehead atoms. The molecule has 1 aliphatic heterocycles. The van der Waals surface area contributed by atoms with E-state index in [0.717, 1.165) is 5.56 Å². The van der Waals surface area contributed by atoms with Crippen molar-refractivity contribution < 1.29 is 19.1 Å². The third-order valence-electron chi connectivity index (χ3n) is 4.57. The van der Waals surface area contributed by atoms with Crippen molar-refractivity contribution in [3.63, 3.8) is 0 Å². The first kappa shape index (κ1) is 18.8. The molecule has 2 aromatic carbocycles. The van der Waals surface area contributed by atoms with Crippen LogP contribution in [0.3, 0.4) is 0 Å². The van der Waals surface area contributed by atoms with Crippen LogP contribution in [-0.2, 0) is 14.3 Å². The number of rotatable bonds is 5.